The third kappa shape index (κ3) is 7.50. The molecular weight excluding hydrogens is 460 g/mol. The van der Waals surface area contributed by atoms with Crippen LogP contribution in [-0.2, 0) is 27.4 Å². The highest BCUT2D eigenvalue weighted by Crippen LogP contribution is 2.33. The highest BCUT2D eigenvalue weighted by Gasteiger charge is 2.27. The molecule has 0 spiro atoms. The van der Waals surface area contributed by atoms with Crippen LogP contribution in [-0.4, -0.2) is 54.2 Å². The molecule has 1 saturated heterocycles. The number of unbranched alkanes of at least 4 members (excludes halogenated alkanes) is 4. The Hall–Kier alpha value is -3.00. The van der Waals surface area contributed by atoms with Gasteiger partial charge in [-0.15, -0.1) is 0 Å². The van der Waals surface area contributed by atoms with E-state index < -0.39 is 0 Å². The maximum Gasteiger partial charge on any atom is 0.242 e. The van der Waals surface area contributed by atoms with Crippen molar-refractivity contribution in [3.8, 4) is 11.5 Å². The SMILES string of the molecule is CCCCCCCC(=O)N(CC(=O)N(Cc1ccc2c(c1)OCO2)Cc1ccco1)CC1CCCO1. The second-order valence-corrected chi connectivity index (χ2v) is 9.59. The molecule has 8 nitrogen and oxygen atoms in total. The van der Waals surface area contributed by atoms with Gasteiger partial charge < -0.3 is 28.4 Å². The predicted octanol–water partition coefficient (Wildman–Crippen LogP) is 4.91. The van der Waals surface area contributed by atoms with Crippen LogP contribution < -0.4 is 9.47 Å². The molecule has 2 aromatic rings. The number of fused-ring (bicyclic) bond motifs is 1. The van der Waals surface area contributed by atoms with Gasteiger partial charge in [0.25, 0.3) is 0 Å². The quantitative estimate of drug-likeness (QED) is 0.345. The van der Waals surface area contributed by atoms with Crippen LogP contribution in [0.2, 0.25) is 0 Å². The first-order valence-corrected chi connectivity index (χ1v) is 13.2. The van der Waals surface area contributed by atoms with Crippen LogP contribution in [0.4, 0.5) is 0 Å². The number of hydrogen-bond donors (Lipinski definition) is 0. The van der Waals surface area contributed by atoms with E-state index in [2.05, 4.69) is 6.92 Å². The summed E-state index contributed by atoms with van der Waals surface area (Å²) in [5, 5.41) is 0. The summed E-state index contributed by atoms with van der Waals surface area (Å²) in [6.07, 6.45) is 9.35. The first-order chi connectivity index (χ1) is 17.6. The second-order valence-electron chi connectivity index (χ2n) is 9.59. The van der Waals surface area contributed by atoms with E-state index in [1.807, 2.05) is 30.3 Å². The van der Waals surface area contributed by atoms with Gasteiger partial charge in [-0.2, -0.15) is 0 Å². The largest absolute Gasteiger partial charge is 0.467 e. The number of furan rings is 1. The van der Waals surface area contributed by atoms with Crippen LogP contribution in [0.5, 0.6) is 11.5 Å². The van der Waals surface area contributed by atoms with Gasteiger partial charge in [0.05, 0.1) is 25.5 Å². The minimum absolute atomic E-state index is 0.00535. The van der Waals surface area contributed by atoms with Gasteiger partial charge in [-0.3, -0.25) is 9.59 Å². The van der Waals surface area contributed by atoms with Crippen molar-refractivity contribution in [1.29, 1.82) is 0 Å². The van der Waals surface area contributed by atoms with E-state index in [1.165, 1.54) is 12.8 Å². The summed E-state index contributed by atoms with van der Waals surface area (Å²) < 4.78 is 22.3. The fourth-order valence-corrected chi connectivity index (χ4v) is 4.67. The topological polar surface area (TPSA) is 81.5 Å². The maximum atomic E-state index is 13.6. The molecule has 2 aliphatic rings. The highest BCUT2D eigenvalue weighted by atomic mass is 16.7. The molecule has 0 saturated carbocycles. The third-order valence-corrected chi connectivity index (χ3v) is 6.71. The van der Waals surface area contributed by atoms with Gasteiger partial charge in [-0.25, -0.2) is 0 Å². The van der Waals surface area contributed by atoms with Crippen molar-refractivity contribution in [3.05, 3.63) is 47.9 Å². The number of amides is 2. The Kier molecular flexibility index (Phi) is 9.67. The Bertz CT molecular complexity index is 970. The van der Waals surface area contributed by atoms with Crippen molar-refractivity contribution < 1.29 is 28.2 Å². The molecule has 2 aliphatic heterocycles. The van der Waals surface area contributed by atoms with Crippen molar-refractivity contribution in [2.75, 3.05) is 26.5 Å². The van der Waals surface area contributed by atoms with E-state index in [9.17, 15) is 9.59 Å². The van der Waals surface area contributed by atoms with Crippen LogP contribution in [0.3, 0.4) is 0 Å². The minimum atomic E-state index is -0.124. The molecule has 0 aliphatic carbocycles. The van der Waals surface area contributed by atoms with Crippen LogP contribution in [0.15, 0.2) is 41.0 Å². The number of carbonyl (C=O) groups excluding carboxylic acids is 2. The van der Waals surface area contributed by atoms with Crippen LogP contribution >= 0.6 is 0 Å². The molecule has 1 aromatic carbocycles. The van der Waals surface area contributed by atoms with Crippen LogP contribution in [0.25, 0.3) is 0 Å². The molecule has 2 amide bonds. The summed E-state index contributed by atoms with van der Waals surface area (Å²) in [6, 6.07) is 9.35. The number of nitrogens with zero attached hydrogens (tertiary/aromatic N) is 2. The van der Waals surface area contributed by atoms with E-state index in [0.717, 1.165) is 37.7 Å². The molecule has 0 bridgehead atoms. The molecular formula is C28H38N2O6. The van der Waals surface area contributed by atoms with Crippen LogP contribution in [0, 0.1) is 0 Å². The molecule has 4 rings (SSSR count). The smallest absolute Gasteiger partial charge is 0.242 e. The van der Waals surface area contributed by atoms with Gasteiger partial charge in [-0.1, -0.05) is 38.7 Å². The molecule has 3 heterocycles. The summed E-state index contributed by atoms with van der Waals surface area (Å²) in [7, 11) is 0. The second kappa shape index (κ2) is 13.3. The van der Waals surface area contributed by atoms with Crippen LogP contribution in [0.1, 0.15) is 69.6 Å². The predicted molar refractivity (Wildman–Crippen MR) is 134 cm³/mol. The van der Waals surface area contributed by atoms with E-state index in [-0.39, 0.29) is 31.3 Å². The van der Waals surface area contributed by atoms with E-state index in [4.69, 9.17) is 18.6 Å². The zero-order valence-electron chi connectivity index (χ0n) is 21.3. The molecule has 1 atom stereocenters. The van der Waals surface area contributed by atoms with Crippen molar-refractivity contribution in [1.82, 2.24) is 9.80 Å². The summed E-state index contributed by atoms with van der Waals surface area (Å²) >= 11 is 0. The van der Waals surface area contributed by atoms with E-state index in [1.54, 1.807) is 16.1 Å². The van der Waals surface area contributed by atoms with E-state index in [0.29, 0.717) is 49.9 Å². The lowest BCUT2D eigenvalue weighted by molar-refractivity contribution is -0.142. The Morgan fingerprint density at radius 1 is 0.972 bits per heavy atom. The Morgan fingerprint density at radius 3 is 2.61 bits per heavy atom. The summed E-state index contributed by atoms with van der Waals surface area (Å²) in [5.74, 6) is 1.97. The number of rotatable bonds is 14. The highest BCUT2D eigenvalue weighted by molar-refractivity contribution is 5.85. The van der Waals surface area contributed by atoms with Gasteiger partial charge in [0, 0.05) is 26.1 Å². The lowest BCUT2D eigenvalue weighted by Crippen LogP contribution is -2.45. The Morgan fingerprint density at radius 2 is 1.83 bits per heavy atom. The summed E-state index contributed by atoms with van der Waals surface area (Å²) in [5.41, 5.74) is 0.923. The molecule has 0 radical (unpaired) electrons. The molecule has 196 valence electrons. The first kappa shape index (κ1) is 26.1. The van der Waals surface area contributed by atoms with Gasteiger partial charge in [0.1, 0.15) is 5.76 Å². The average molecular weight is 499 g/mol. The molecule has 1 aromatic heterocycles. The minimum Gasteiger partial charge on any atom is -0.467 e. The molecule has 36 heavy (non-hydrogen) atoms. The zero-order chi connectivity index (χ0) is 25.2. The lowest BCUT2D eigenvalue weighted by atomic mass is 10.1. The third-order valence-electron chi connectivity index (χ3n) is 6.71. The fraction of sp³-hybridized carbons (Fsp3) is 0.571. The molecule has 1 unspecified atom stereocenters. The standard InChI is InChI=1S/C28H38N2O6/c1-2-3-4-5-6-11-27(31)30(19-24-10-8-15-34-24)20-28(32)29(18-23-9-7-14-33-23)17-22-12-13-25-26(16-22)36-21-35-25/h7,9,12-14,16,24H,2-6,8,10-11,15,17-21H2,1H3. The van der Waals surface area contributed by atoms with Crippen molar-refractivity contribution >= 4 is 11.8 Å². The number of ether oxygens (including phenoxy) is 3. The van der Waals surface area contributed by atoms with Crippen molar-refractivity contribution in [2.45, 2.75) is 77.5 Å². The zero-order valence-corrected chi connectivity index (χ0v) is 21.3. The monoisotopic (exact) mass is 498 g/mol. The lowest BCUT2D eigenvalue weighted by Gasteiger charge is -2.29. The Balaban J connectivity index is 1.43. The first-order valence-electron chi connectivity index (χ1n) is 13.2. The average Bonchev–Trinajstić information content (AvgIpc) is 3.66. The number of carbonyl (C=O) groups is 2. The van der Waals surface area contributed by atoms with Gasteiger partial charge in [0.15, 0.2) is 11.5 Å². The summed E-state index contributed by atoms with van der Waals surface area (Å²) in [4.78, 5) is 30.2. The van der Waals surface area contributed by atoms with Gasteiger partial charge in [0.2, 0.25) is 18.6 Å². The Labute approximate surface area is 213 Å². The molecule has 1 fully saturated rings. The fourth-order valence-electron chi connectivity index (χ4n) is 4.67. The maximum absolute atomic E-state index is 13.6. The van der Waals surface area contributed by atoms with E-state index >= 15 is 0 Å². The van der Waals surface area contributed by atoms with Gasteiger partial charge >= 0.3 is 0 Å². The summed E-state index contributed by atoms with van der Waals surface area (Å²) in [6.45, 7) is 4.27. The molecule has 0 N–H and O–H groups in total. The van der Waals surface area contributed by atoms with Crippen molar-refractivity contribution in [3.63, 3.8) is 0 Å². The number of benzene rings is 1. The van der Waals surface area contributed by atoms with Gasteiger partial charge in [-0.05, 0) is 49.1 Å². The van der Waals surface area contributed by atoms with Crippen molar-refractivity contribution in [2.24, 2.45) is 0 Å². The normalized spacial score (nSPS) is 16.3. The molecule has 8 heteroatoms. The number of hydrogen-bond acceptors (Lipinski definition) is 6.